The summed E-state index contributed by atoms with van der Waals surface area (Å²) in [5, 5.41) is 3.67. The molecule has 0 atom stereocenters. The minimum absolute atomic E-state index is 0.724. The molecule has 0 unspecified atom stereocenters. The van der Waals surface area contributed by atoms with E-state index in [1.165, 1.54) is 6.26 Å². The van der Waals surface area contributed by atoms with Gasteiger partial charge in [-0.1, -0.05) is 12.1 Å². The molecule has 3 nitrogen and oxygen atoms in total. The summed E-state index contributed by atoms with van der Waals surface area (Å²) in [4.78, 5) is 0. The highest BCUT2D eigenvalue weighted by atomic mass is 16.5. The van der Waals surface area contributed by atoms with Gasteiger partial charge in [0.25, 0.3) is 0 Å². The van der Waals surface area contributed by atoms with Crippen molar-refractivity contribution < 1.29 is 9.26 Å². The Balaban J connectivity index is 2.49. The van der Waals surface area contributed by atoms with E-state index in [1.807, 2.05) is 6.92 Å². The summed E-state index contributed by atoms with van der Waals surface area (Å²) in [7, 11) is 0. The topological polar surface area (TPSA) is 35.3 Å². The molecule has 0 amide bonds. The van der Waals surface area contributed by atoms with Crippen LogP contribution in [-0.2, 0) is 0 Å². The number of hydrogen-bond acceptors (Lipinski definition) is 3. The zero-order chi connectivity index (χ0) is 7.40. The lowest BCUT2D eigenvalue weighted by Gasteiger charge is -1.98. The molecular weight excluding hydrogens is 130 g/mol. The standard InChI is InChI=1S/C7H11NO2/c1-3-4-9-7-5-10-8-6(7)2/h5H,3-4H2,1-2H3. The fraction of sp³-hybridized carbons (Fsp3) is 0.571. The SMILES string of the molecule is CCCOc1conc1C. The van der Waals surface area contributed by atoms with Crippen LogP contribution in [0, 0.1) is 6.92 Å². The van der Waals surface area contributed by atoms with Gasteiger partial charge in [0, 0.05) is 0 Å². The maximum atomic E-state index is 5.27. The highest BCUT2D eigenvalue weighted by molar-refractivity contribution is 5.19. The van der Waals surface area contributed by atoms with Crippen molar-refractivity contribution in [3.05, 3.63) is 12.0 Å². The molecule has 3 heteroatoms. The van der Waals surface area contributed by atoms with Crippen molar-refractivity contribution in [2.45, 2.75) is 20.3 Å². The van der Waals surface area contributed by atoms with Crippen molar-refractivity contribution in [3.63, 3.8) is 0 Å². The molecule has 0 spiro atoms. The van der Waals surface area contributed by atoms with E-state index < -0.39 is 0 Å². The van der Waals surface area contributed by atoms with Crippen LogP contribution in [0.25, 0.3) is 0 Å². The maximum absolute atomic E-state index is 5.27. The molecule has 0 bridgehead atoms. The summed E-state index contributed by atoms with van der Waals surface area (Å²) in [6, 6.07) is 0. The summed E-state index contributed by atoms with van der Waals surface area (Å²) in [6.07, 6.45) is 2.52. The number of aryl methyl sites for hydroxylation is 1. The fourth-order valence-corrected chi connectivity index (χ4v) is 0.634. The van der Waals surface area contributed by atoms with E-state index in [-0.39, 0.29) is 0 Å². The zero-order valence-corrected chi connectivity index (χ0v) is 6.26. The van der Waals surface area contributed by atoms with E-state index in [1.54, 1.807) is 0 Å². The van der Waals surface area contributed by atoms with E-state index in [0.717, 1.165) is 24.5 Å². The predicted molar refractivity (Wildman–Crippen MR) is 37.0 cm³/mol. The smallest absolute Gasteiger partial charge is 0.181 e. The Morgan fingerprint density at radius 1 is 1.70 bits per heavy atom. The van der Waals surface area contributed by atoms with Crippen LogP contribution in [0.2, 0.25) is 0 Å². The molecule has 0 aliphatic heterocycles. The first kappa shape index (κ1) is 7.12. The lowest BCUT2D eigenvalue weighted by Crippen LogP contribution is -1.94. The Kier molecular flexibility index (Phi) is 2.31. The second-order valence-electron chi connectivity index (χ2n) is 2.11. The molecule has 1 aromatic rings. The second-order valence-corrected chi connectivity index (χ2v) is 2.11. The Hall–Kier alpha value is -0.990. The first-order chi connectivity index (χ1) is 4.84. The van der Waals surface area contributed by atoms with Crippen LogP contribution in [0.3, 0.4) is 0 Å². The van der Waals surface area contributed by atoms with Crippen LogP contribution in [-0.4, -0.2) is 11.8 Å². The fourth-order valence-electron chi connectivity index (χ4n) is 0.634. The largest absolute Gasteiger partial charge is 0.488 e. The van der Waals surface area contributed by atoms with Crippen LogP contribution < -0.4 is 4.74 Å². The summed E-state index contributed by atoms with van der Waals surface area (Å²) >= 11 is 0. The van der Waals surface area contributed by atoms with E-state index >= 15 is 0 Å². The number of nitrogens with zero attached hydrogens (tertiary/aromatic N) is 1. The third kappa shape index (κ3) is 1.50. The van der Waals surface area contributed by atoms with Gasteiger partial charge in [0.15, 0.2) is 12.0 Å². The van der Waals surface area contributed by atoms with Crippen molar-refractivity contribution in [2.24, 2.45) is 0 Å². The molecular formula is C7H11NO2. The van der Waals surface area contributed by atoms with Crippen LogP contribution in [0.15, 0.2) is 10.8 Å². The molecule has 0 aliphatic carbocycles. The molecule has 0 saturated carbocycles. The Labute approximate surface area is 60.0 Å². The summed E-state index contributed by atoms with van der Waals surface area (Å²) < 4.78 is 9.94. The molecule has 1 heterocycles. The molecule has 10 heavy (non-hydrogen) atoms. The van der Waals surface area contributed by atoms with Gasteiger partial charge in [-0.2, -0.15) is 0 Å². The van der Waals surface area contributed by atoms with E-state index in [2.05, 4.69) is 16.6 Å². The number of rotatable bonds is 3. The minimum atomic E-state index is 0.724. The molecule has 0 aliphatic rings. The van der Waals surface area contributed by atoms with Crippen molar-refractivity contribution in [1.82, 2.24) is 5.16 Å². The van der Waals surface area contributed by atoms with Crippen LogP contribution in [0.4, 0.5) is 0 Å². The monoisotopic (exact) mass is 141 g/mol. The van der Waals surface area contributed by atoms with Crippen LogP contribution >= 0.6 is 0 Å². The Morgan fingerprint density at radius 3 is 3.00 bits per heavy atom. The predicted octanol–water partition coefficient (Wildman–Crippen LogP) is 1.77. The highest BCUT2D eigenvalue weighted by Crippen LogP contribution is 2.14. The third-order valence-corrected chi connectivity index (χ3v) is 1.17. The average Bonchev–Trinajstić information content (AvgIpc) is 2.31. The van der Waals surface area contributed by atoms with Crippen molar-refractivity contribution >= 4 is 0 Å². The summed E-state index contributed by atoms with van der Waals surface area (Å²) in [5.74, 6) is 0.752. The van der Waals surface area contributed by atoms with Crippen LogP contribution in [0.5, 0.6) is 5.75 Å². The second kappa shape index (κ2) is 3.25. The van der Waals surface area contributed by atoms with Gasteiger partial charge in [0.1, 0.15) is 5.69 Å². The van der Waals surface area contributed by atoms with E-state index in [4.69, 9.17) is 4.74 Å². The van der Waals surface area contributed by atoms with Gasteiger partial charge in [-0.15, -0.1) is 0 Å². The van der Waals surface area contributed by atoms with Gasteiger partial charge < -0.3 is 9.26 Å². The molecule has 0 N–H and O–H groups in total. The minimum Gasteiger partial charge on any atom is -0.488 e. The highest BCUT2D eigenvalue weighted by Gasteiger charge is 2.00. The average molecular weight is 141 g/mol. The zero-order valence-electron chi connectivity index (χ0n) is 6.26. The molecule has 0 aromatic carbocycles. The molecule has 0 fully saturated rings. The number of aromatic nitrogens is 1. The lowest BCUT2D eigenvalue weighted by molar-refractivity contribution is 0.311. The van der Waals surface area contributed by atoms with Gasteiger partial charge in [-0.3, -0.25) is 0 Å². The number of hydrogen-bond donors (Lipinski definition) is 0. The lowest BCUT2D eigenvalue weighted by atomic mass is 10.4. The molecule has 0 saturated heterocycles. The first-order valence-electron chi connectivity index (χ1n) is 3.38. The molecule has 0 radical (unpaired) electrons. The Bertz CT molecular complexity index is 195. The van der Waals surface area contributed by atoms with E-state index in [9.17, 15) is 0 Å². The normalized spacial score (nSPS) is 9.80. The first-order valence-corrected chi connectivity index (χ1v) is 3.38. The van der Waals surface area contributed by atoms with Crippen molar-refractivity contribution in [3.8, 4) is 5.75 Å². The van der Waals surface area contributed by atoms with Gasteiger partial charge >= 0.3 is 0 Å². The quantitative estimate of drug-likeness (QED) is 0.643. The maximum Gasteiger partial charge on any atom is 0.181 e. The van der Waals surface area contributed by atoms with Gasteiger partial charge in [-0.25, -0.2) is 0 Å². The van der Waals surface area contributed by atoms with Gasteiger partial charge in [-0.05, 0) is 13.3 Å². The van der Waals surface area contributed by atoms with Gasteiger partial charge in [0.05, 0.1) is 6.61 Å². The Morgan fingerprint density at radius 2 is 2.50 bits per heavy atom. The van der Waals surface area contributed by atoms with Crippen LogP contribution in [0.1, 0.15) is 19.0 Å². The molecule has 1 aromatic heterocycles. The molecule has 56 valence electrons. The van der Waals surface area contributed by atoms with Gasteiger partial charge in [0.2, 0.25) is 0 Å². The molecule has 1 rings (SSSR count). The summed E-state index contributed by atoms with van der Waals surface area (Å²) in [5.41, 5.74) is 0.813. The third-order valence-electron chi connectivity index (χ3n) is 1.17. The van der Waals surface area contributed by atoms with E-state index in [0.29, 0.717) is 0 Å². The summed E-state index contributed by atoms with van der Waals surface area (Å²) in [6.45, 7) is 4.64. The van der Waals surface area contributed by atoms with Crippen molar-refractivity contribution in [2.75, 3.05) is 6.61 Å². The van der Waals surface area contributed by atoms with Crippen molar-refractivity contribution in [1.29, 1.82) is 0 Å². The number of ether oxygens (including phenoxy) is 1.